The minimum absolute atomic E-state index is 0.0300. The molecule has 3 nitrogen and oxygen atoms in total. The van der Waals surface area contributed by atoms with Crippen LogP contribution < -0.4 is 0 Å². The Bertz CT molecular complexity index is 771. The van der Waals surface area contributed by atoms with Gasteiger partial charge in [0.05, 0.1) is 0 Å². The number of rotatable bonds is 2. The Labute approximate surface area is 111 Å². The van der Waals surface area contributed by atoms with Gasteiger partial charge in [0.25, 0.3) is 0 Å². The molecule has 0 aliphatic heterocycles. The van der Waals surface area contributed by atoms with Crippen LogP contribution in [-0.2, 0) is 0 Å². The summed E-state index contributed by atoms with van der Waals surface area (Å²) in [6.07, 6.45) is 5.19. The van der Waals surface area contributed by atoms with Gasteiger partial charge in [-0.2, -0.15) is 0 Å². The number of carbonyl (C=O) groups excluding carboxylic acids is 1. The maximum absolute atomic E-state index is 12.5. The zero-order chi connectivity index (χ0) is 13.4. The number of nitrogens with one attached hydrogen (secondary N) is 1. The van der Waals surface area contributed by atoms with E-state index in [1.54, 1.807) is 18.6 Å². The molecule has 0 amide bonds. The van der Waals surface area contributed by atoms with E-state index in [0.717, 1.165) is 16.5 Å². The van der Waals surface area contributed by atoms with E-state index in [2.05, 4.69) is 9.97 Å². The van der Waals surface area contributed by atoms with Crippen molar-refractivity contribution in [1.29, 1.82) is 0 Å². The van der Waals surface area contributed by atoms with Gasteiger partial charge in [-0.05, 0) is 37.1 Å². The fraction of sp³-hybridized carbons (Fsp3) is 0.125. The number of hydrogen-bond donors (Lipinski definition) is 1. The molecule has 0 saturated heterocycles. The molecule has 1 N–H and O–H groups in total. The average molecular weight is 250 g/mol. The van der Waals surface area contributed by atoms with E-state index >= 15 is 0 Å². The van der Waals surface area contributed by atoms with Crippen molar-refractivity contribution in [3.05, 3.63) is 65.1 Å². The number of benzene rings is 1. The molecule has 19 heavy (non-hydrogen) atoms. The van der Waals surface area contributed by atoms with E-state index in [0.29, 0.717) is 11.1 Å². The first-order valence-corrected chi connectivity index (χ1v) is 6.20. The van der Waals surface area contributed by atoms with Gasteiger partial charge in [0, 0.05) is 40.6 Å². The quantitative estimate of drug-likeness (QED) is 0.708. The van der Waals surface area contributed by atoms with Gasteiger partial charge in [0.15, 0.2) is 5.78 Å². The maximum atomic E-state index is 12.5. The fourth-order valence-corrected chi connectivity index (χ4v) is 2.19. The Hall–Kier alpha value is -2.42. The number of aryl methyl sites for hydroxylation is 2. The molecule has 1 aromatic carbocycles. The number of nitrogens with zero attached hydrogens (tertiary/aromatic N) is 1. The lowest BCUT2D eigenvalue weighted by atomic mass is 9.99. The van der Waals surface area contributed by atoms with Crippen LogP contribution in [0.25, 0.3) is 10.9 Å². The molecular formula is C16H14N2O. The highest BCUT2D eigenvalue weighted by Gasteiger charge is 2.14. The van der Waals surface area contributed by atoms with Gasteiger partial charge in [0.1, 0.15) is 0 Å². The Kier molecular flexibility index (Phi) is 2.67. The van der Waals surface area contributed by atoms with Crippen molar-refractivity contribution in [2.45, 2.75) is 13.8 Å². The summed E-state index contributed by atoms with van der Waals surface area (Å²) in [6, 6.07) is 7.66. The summed E-state index contributed by atoms with van der Waals surface area (Å²) in [5, 5.41) is 0.866. The molecule has 0 unspecified atom stereocenters. The number of hydrogen-bond acceptors (Lipinski definition) is 2. The molecule has 3 aromatic rings. The van der Waals surface area contributed by atoms with Gasteiger partial charge in [0.2, 0.25) is 0 Å². The molecule has 0 atom stereocenters. The van der Waals surface area contributed by atoms with Crippen LogP contribution in [0, 0.1) is 13.8 Å². The molecule has 0 spiro atoms. The van der Waals surface area contributed by atoms with Crippen molar-refractivity contribution >= 4 is 16.7 Å². The highest BCUT2D eigenvalue weighted by Crippen LogP contribution is 2.21. The van der Waals surface area contributed by atoms with E-state index in [4.69, 9.17) is 0 Å². The second-order valence-electron chi connectivity index (χ2n) is 4.75. The first-order chi connectivity index (χ1) is 9.16. The first-order valence-electron chi connectivity index (χ1n) is 6.20. The number of pyridine rings is 1. The van der Waals surface area contributed by atoms with Crippen molar-refractivity contribution in [3.8, 4) is 0 Å². The average Bonchev–Trinajstić information content (AvgIpc) is 2.85. The van der Waals surface area contributed by atoms with Crippen molar-refractivity contribution in [2.24, 2.45) is 0 Å². The number of carbonyl (C=O) groups is 1. The number of H-pyrrole nitrogens is 1. The van der Waals surface area contributed by atoms with E-state index in [1.807, 2.05) is 38.1 Å². The zero-order valence-corrected chi connectivity index (χ0v) is 10.9. The third-order valence-electron chi connectivity index (χ3n) is 3.50. The third-order valence-corrected chi connectivity index (χ3v) is 3.50. The summed E-state index contributed by atoms with van der Waals surface area (Å²) in [7, 11) is 0. The largest absolute Gasteiger partial charge is 0.360 e. The van der Waals surface area contributed by atoms with Crippen LogP contribution in [0.1, 0.15) is 27.0 Å². The van der Waals surface area contributed by atoms with Crippen LogP contribution >= 0.6 is 0 Å². The Morgan fingerprint density at radius 3 is 2.79 bits per heavy atom. The van der Waals surface area contributed by atoms with Gasteiger partial charge in [-0.25, -0.2) is 0 Å². The molecule has 2 heterocycles. The number of fused-ring (bicyclic) bond motifs is 1. The topological polar surface area (TPSA) is 45.8 Å². The van der Waals surface area contributed by atoms with Crippen LogP contribution in [0.2, 0.25) is 0 Å². The first kappa shape index (κ1) is 11.7. The molecule has 2 aromatic heterocycles. The van der Waals surface area contributed by atoms with E-state index < -0.39 is 0 Å². The lowest BCUT2D eigenvalue weighted by Crippen LogP contribution is -2.01. The molecule has 94 valence electrons. The summed E-state index contributed by atoms with van der Waals surface area (Å²) >= 11 is 0. The lowest BCUT2D eigenvalue weighted by Gasteiger charge is -2.04. The van der Waals surface area contributed by atoms with Gasteiger partial charge in [-0.3, -0.25) is 9.78 Å². The van der Waals surface area contributed by atoms with Gasteiger partial charge < -0.3 is 4.98 Å². The second-order valence-corrected chi connectivity index (χ2v) is 4.75. The molecule has 3 heteroatoms. The summed E-state index contributed by atoms with van der Waals surface area (Å²) in [5.41, 5.74) is 4.64. The minimum atomic E-state index is 0.0300. The van der Waals surface area contributed by atoms with Crippen LogP contribution in [0.3, 0.4) is 0 Å². The molecule has 0 bridgehead atoms. The predicted molar refractivity (Wildman–Crippen MR) is 75.4 cm³/mol. The monoisotopic (exact) mass is 250 g/mol. The smallest absolute Gasteiger partial charge is 0.195 e. The number of ketones is 1. The van der Waals surface area contributed by atoms with Crippen LogP contribution in [-0.4, -0.2) is 15.8 Å². The Morgan fingerprint density at radius 1 is 1.16 bits per heavy atom. The van der Waals surface area contributed by atoms with Crippen LogP contribution in [0.15, 0.2) is 42.9 Å². The standard InChI is InChI=1S/C16H14N2O/c1-10-3-4-12(7-11(10)2)16(19)14-9-18-15-5-6-17-8-13(14)15/h3-9,18H,1-2H3. The van der Waals surface area contributed by atoms with E-state index in [1.165, 1.54) is 5.56 Å². The SMILES string of the molecule is Cc1ccc(C(=O)c2c[nH]c3ccncc23)cc1C. The molecular weight excluding hydrogens is 236 g/mol. The minimum Gasteiger partial charge on any atom is -0.360 e. The molecule has 0 radical (unpaired) electrons. The summed E-state index contributed by atoms with van der Waals surface area (Å²) in [5.74, 6) is 0.0300. The Balaban J connectivity index is 2.11. The van der Waals surface area contributed by atoms with Gasteiger partial charge in [-0.15, -0.1) is 0 Å². The highest BCUT2D eigenvalue weighted by molar-refractivity contribution is 6.16. The number of aromatic amines is 1. The second kappa shape index (κ2) is 4.35. The number of aromatic nitrogens is 2. The van der Waals surface area contributed by atoms with Crippen molar-refractivity contribution in [3.63, 3.8) is 0 Å². The third kappa shape index (κ3) is 1.93. The van der Waals surface area contributed by atoms with Crippen LogP contribution in [0.4, 0.5) is 0 Å². The molecule has 0 saturated carbocycles. The maximum Gasteiger partial charge on any atom is 0.195 e. The predicted octanol–water partition coefficient (Wildman–Crippen LogP) is 3.41. The molecule has 0 aliphatic carbocycles. The highest BCUT2D eigenvalue weighted by atomic mass is 16.1. The van der Waals surface area contributed by atoms with Crippen molar-refractivity contribution < 1.29 is 4.79 Å². The Morgan fingerprint density at radius 2 is 2.00 bits per heavy atom. The summed E-state index contributed by atoms with van der Waals surface area (Å²) in [4.78, 5) is 19.7. The normalized spacial score (nSPS) is 10.8. The van der Waals surface area contributed by atoms with Gasteiger partial charge in [-0.1, -0.05) is 12.1 Å². The van der Waals surface area contributed by atoms with Gasteiger partial charge >= 0.3 is 0 Å². The molecule has 3 rings (SSSR count). The fourth-order valence-electron chi connectivity index (χ4n) is 2.19. The van der Waals surface area contributed by atoms with Crippen molar-refractivity contribution in [2.75, 3.05) is 0 Å². The lowest BCUT2D eigenvalue weighted by molar-refractivity contribution is 0.104. The van der Waals surface area contributed by atoms with E-state index in [-0.39, 0.29) is 5.78 Å². The van der Waals surface area contributed by atoms with Crippen molar-refractivity contribution in [1.82, 2.24) is 9.97 Å². The zero-order valence-electron chi connectivity index (χ0n) is 10.9. The van der Waals surface area contributed by atoms with Crippen LogP contribution in [0.5, 0.6) is 0 Å². The summed E-state index contributed by atoms with van der Waals surface area (Å²) < 4.78 is 0. The molecule has 0 aliphatic rings. The molecule has 0 fully saturated rings. The summed E-state index contributed by atoms with van der Waals surface area (Å²) in [6.45, 7) is 4.06. The van der Waals surface area contributed by atoms with E-state index in [9.17, 15) is 4.79 Å².